The van der Waals surface area contributed by atoms with E-state index in [1.54, 1.807) is 13.3 Å². The van der Waals surface area contributed by atoms with Gasteiger partial charge in [0.2, 0.25) is 0 Å². The van der Waals surface area contributed by atoms with E-state index < -0.39 is 6.10 Å². The van der Waals surface area contributed by atoms with Crippen LogP contribution in [-0.2, 0) is 6.54 Å². The van der Waals surface area contributed by atoms with Gasteiger partial charge in [0.1, 0.15) is 11.8 Å². The van der Waals surface area contributed by atoms with Gasteiger partial charge in [0.25, 0.3) is 0 Å². The second-order valence-electron chi connectivity index (χ2n) is 5.26. The number of nitrogens with zero attached hydrogens (tertiary/aromatic N) is 4. The van der Waals surface area contributed by atoms with Crippen LogP contribution in [0.15, 0.2) is 6.20 Å². The first kappa shape index (κ1) is 12.9. The highest BCUT2D eigenvalue weighted by molar-refractivity contribution is 5.28. The third kappa shape index (κ3) is 2.13. The molecular formula is C13H22N4O2. The zero-order chi connectivity index (χ0) is 13.4. The molecule has 0 aromatic carbocycles. The molecule has 0 spiro atoms. The Morgan fingerprint density at radius 2 is 2.16 bits per heavy atom. The molecule has 0 amide bonds. The van der Waals surface area contributed by atoms with Crippen LogP contribution in [0.3, 0.4) is 0 Å². The van der Waals surface area contributed by atoms with E-state index in [0.717, 1.165) is 45.0 Å². The van der Waals surface area contributed by atoms with Gasteiger partial charge in [-0.2, -0.15) is 5.10 Å². The molecule has 4 heterocycles. The van der Waals surface area contributed by atoms with Crippen molar-refractivity contribution in [2.75, 3.05) is 39.8 Å². The number of piperazine rings is 3. The Labute approximate surface area is 113 Å². The standard InChI is InChI=1S/C13H22N4O2/c1-3-17-12(11(19-2)8-14-17)13(18)10-9-15-4-6-16(10)7-5-15/h8,10,13,18H,3-7,9H2,1-2H3. The number of hydrogen-bond acceptors (Lipinski definition) is 5. The minimum absolute atomic E-state index is 0.151. The van der Waals surface area contributed by atoms with Gasteiger partial charge in [-0.1, -0.05) is 0 Å². The molecule has 1 aromatic heterocycles. The molecule has 0 radical (unpaired) electrons. The fourth-order valence-corrected chi connectivity index (χ4v) is 3.22. The summed E-state index contributed by atoms with van der Waals surface area (Å²) in [7, 11) is 1.63. The van der Waals surface area contributed by atoms with Gasteiger partial charge in [-0.05, 0) is 6.92 Å². The fourth-order valence-electron chi connectivity index (χ4n) is 3.22. The SMILES string of the molecule is CCn1ncc(OC)c1C(O)C1CN2CCN1CC2. The predicted molar refractivity (Wildman–Crippen MR) is 71.2 cm³/mol. The van der Waals surface area contributed by atoms with Crippen molar-refractivity contribution >= 4 is 0 Å². The Morgan fingerprint density at radius 1 is 1.42 bits per heavy atom. The van der Waals surface area contributed by atoms with Crippen LogP contribution >= 0.6 is 0 Å². The second kappa shape index (κ2) is 5.11. The topological polar surface area (TPSA) is 53.8 Å². The van der Waals surface area contributed by atoms with Crippen LogP contribution in [0.25, 0.3) is 0 Å². The third-order valence-electron chi connectivity index (χ3n) is 4.33. The monoisotopic (exact) mass is 266 g/mol. The number of fused-ring (bicyclic) bond motifs is 3. The van der Waals surface area contributed by atoms with Gasteiger partial charge in [-0.15, -0.1) is 0 Å². The van der Waals surface area contributed by atoms with Crippen molar-refractivity contribution in [1.29, 1.82) is 0 Å². The van der Waals surface area contributed by atoms with Crippen LogP contribution in [0.4, 0.5) is 0 Å². The van der Waals surface area contributed by atoms with Crippen LogP contribution in [-0.4, -0.2) is 70.6 Å². The van der Waals surface area contributed by atoms with Gasteiger partial charge in [-0.25, -0.2) is 0 Å². The quantitative estimate of drug-likeness (QED) is 0.828. The highest BCUT2D eigenvalue weighted by Crippen LogP contribution is 2.32. The van der Waals surface area contributed by atoms with E-state index in [9.17, 15) is 5.11 Å². The molecule has 106 valence electrons. The molecule has 0 aliphatic carbocycles. The largest absolute Gasteiger partial charge is 0.493 e. The number of ether oxygens (including phenoxy) is 1. The van der Waals surface area contributed by atoms with E-state index in [1.165, 1.54) is 0 Å². The summed E-state index contributed by atoms with van der Waals surface area (Å²) in [5, 5.41) is 15.1. The zero-order valence-electron chi connectivity index (χ0n) is 11.6. The van der Waals surface area contributed by atoms with Crippen molar-refractivity contribution in [3.63, 3.8) is 0 Å². The first-order valence-corrected chi connectivity index (χ1v) is 6.98. The van der Waals surface area contributed by atoms with Gasteiger partial charge < -0.3 is 9.84 Å². The maximum absolute atomic E-state index is 10.8. The van der Waals surface area contributed by atoms with Gasteiger partial charge >= 0.3 is 0 Å². The van der Waals surface area contributed by atoms with Crippen LogP contribution in [0.1, 0.15) is 18.7 Å². The van der Waals surface area contributed by atoms with E-state index in [4.69, 9.17) is 4.74 Å². The lowest BCUT2D eigenvalue weighted by molar-refractivity contribution is -0.0501. The minimum Gasteiger partial charge on any atom is -0.493 e. The molecule has 19 heavy (non-hydrogen) atoms. The lowest BCUT2D eigenvalue weighted by Crippen LogP contribution is -2.62. The summed E-state index contributed by atoms with van der Waals surface area (Å²) in [6.07, 6.45) is 1.15. The lowest BCUT2D eigenvalue weighted by Gasteiger charge is -2.49. The molecule has 3 saturated heterocycles. The fraction of sp³-hybridized carbons (Fsp3) is 0.769. The third-order valence-corrected chi connectivity index (χ3v) is 4.33. The number of aliphatic hydroxyl groups excluding tert-OH is 1. The Kier molecular flexibility index (Phi) is 3.47. The molecular weight excluding hydrogens is 244 g/mol. The maximum atomic E-state index is 10.8. The first-order valence-electron chi connectivity index (χ1n) is 6.98. The first-order chi connectivity index (χ1) is 9.24. The molecule has 3 aliphatic rings. The number of methoxy groups -OCH3 is 1. The summed E-state index contributed by atoms with van der Waals surface area (Å²) < 4.78 is 7.18. The van der Waals surface area contributed by atoms with Crippen molar-refractivity contribution in [3.8, 4) is 5.75 Å². The highest BCUT2D eigenvalue weighted by atomic mass is 16.5. The van der Waals surface area contributed by atoms with Crippen LogP contribution in [0, 0.1) is 0 Å². The molecule has 6 nitrogen and oxygen atoms in total. The van der Waals surface area contributed by atoms with Crippen molar-refractivity contribution in [3.05, 3.63) is 11.9 Å². The van der Waals surface area contributed by atoms with Gasteiger partial charge in [0.15, 0.2) is 5.75 Å². The number of aromatic nitrogens is 2. The number of rotatable bonds is 4. The van der Waals surface area contributed by atoms with E-state index in [-0.39, 0.29) is 6.04 Å². The van der Waals surface area contributed by atoms with Crippen molar-refractivity contribution in [1.82, 2.24) is 19.6 Å². The van der Waals surface area contributed by atoms with E-state index in [1.807, 2.05) is 11.6 Å². The van der Waals surface area contributed by atoms with E-state index in [2.05, 4.69) is 14.9 Å². The predicted octanol–water partition coefficient (Wildman–Crippen LogP) is -0.0552. The summed E-state index contributed by atoms with van der Waals surface area (Å²) in [4.78, 5) is 4.81. The average molecular weight is 266 g/mol. The zero-order valence-corrected chi connectivity index (χ0v) is 11.6. The normalized spacial score (nSPS) is 31.4. The highest BCUT2D eigenvalue weighted by Gasteiger charge is 2.38. The smallest absolute Gasteiger partial charge is 0.162 e. The van der Waals surface area contributed by atoms with Crippen LogP contribution in [0.2, 0.25) is 0 Å². The summed E-state index contributed by atoms with van der Waals surface area (Å²) in [5.41, 5.74) is 0.809. The minimum atomic E-state index is -0.541. The van der Waals surface area contributed by atoms with E-state index in [0.29, 0.717) is 5.75 Å². The van der Waals surface area contributed by atoms with Crippen molar-refractivity contribution in [2.45, 2.75) is 25.6 Å². The molecule has 2 unspecified atom stereocenters. The van der Waals surface area contributed by atoms with E-state index >= 15 is 0 Å². The number of aliphatic hydroxyl groups is 1. The van der Waals surface area contributed by atoms with Gasteiger partial charge in [0.05, 0.1) is 19.3 Å². The molecule has 3 fully saturated rings. The van der Waals surface area contributed by atoms with Gasteiger partial charge in [0, 0.05) is 39.3 Å². The Balaban J connectivity index is 1.87. The molecule has 1 aromatic rings. The average Bonchev–Trinajstić information content (AvgIpc) is 2.90. The van der Waals surface area contributed by atoms with Crippen molar-refractivity contribution in [2.24, 2.45) is 0 Å². The maximum Gasteiger partial charge on any atom is 0.162 e. The molecule has 6 heteroatoms. The summed E-state index contributed by atoms with van der Waals surface area (Å²) in [5.74, 6) is 0.687. The van der Waals surface area contributed by atoms with Gasteiger partial charge in [-0.3, -0.25) is 14.5 Å². The summed E-state index contributed by atoms with van der Waals surface area (Å²) >= 11 is 0. The molecule has 3 aliphatic heterocycles. The number of aryl methyl sites for hydroxylation is 1. The van der Waals surface area contributed by atoms with Crippen molar-refractivity contribution < 1.29 is 9.84 Å². The Hall–Kier alpha value is -1.11. The van der Waals surface area contributed by atoms with Crippen LogP contribution < -0.4 is 4.74 Å². The molecule has 1 N–H and O–H groups in total. The molecule has 2 bridgehead atoms. The molecule has 4 rings (SSSR count). The molecule has 0 saturated carbocycles. The summed E-state index contributed by atoms with van der Waals surface area (Å²) in [6.45, 7) is 8.03. The Morgan fingerprint density at radius 3 is 2.68 bits per heavy atom. The molecule has 2 atom stereocenters. The second-order valence-corrected chi connectivity index (χ2v) is 5.26. The van der Waals surface area contributed by atoms with Crippen LogP contribution in [0.5, 0.6) is 5.75 Å². The number of hydrogen-bond donors (Lipinski definition) is 1. The summed E-state index contributed by atoms with van der Waals surface area (Å²) in [6, 6.07) is 0.151. The Bertz CT molecular complexity index is 418. The lowest BCUT2D eigenvalue weighted by atomic mass is 9.99.